The van der Waals surface area contributed by atoms with E-state index in [4.69, 9.17) is 0 Å². The van der Waals surface area contributed by atoms with Crippen molar-refractivity contribution in [2.24, 2.45) is 7.05 Å². The predicted octanol–water partition coefficient (Wildman–Crippen LogP) is 1.69. The van der Waals surface area contributed by atoms with E-state index in [2.05, 4.69) is 15.3 Å². The summed E-state index contributed by atoms with van der Waals surface area (Å²) in [5.41, 5.74) is 0.985. The average Bonchev–Trinajstić information content (AvgIpc) is 2.85. The van der Waals surface area contributed by atoms with Gasteiger partial charge in [-0.2, -0.15) is 0 Å². The van der Waals surface area contributed by atoms with Gasteiger partial charge in [0.1, 0.15) is 5.69 Å². The van der Waals surface area contributed by atoms with Crippen LogP contribution >= 0.6 is 11.8 Å². The summed E-state index contributed by atoms with van der Waals surface area (Å²) in [7, 11) is 1.76. The Morgan fingerprint density at radius 2 is 1.93 bits per heavy atom. The first-order valence-electron chi connectivity index (χ1n) is 8.25. The number of H-pyrrole nitrogens is 1. The summed E-state index contributed by atoms with van der Waals surface area (Å²) in [4.78, 5) is 43.3. The Kier molecular flexibility index (Phi) is 5.31. The van der Waals surface area contributed by atoms with E-state index in [0.717, 1.165) is 11.8 Å². The zero-order valence-corrected chi connectivity index (χ0v) is 15.9. The summed E-state index contributed by atoms with van der Waals surface area (Å²) in [6.07, 6.45) is 1.38. The van der Waals surface area contributed by atoms with Crippen molar-refractivity contribution in [1.82, 2.24) is 19.3 Å². The maximum Gasteiger partial charge on any atom is 0.295 e. The summed E-state index contributed by atoms with van der Waals surface area (Å²) in [5.74, 6) is -0.350. The number of carbonyl (C=O) groups is 1. The number of para-hydroxylation sites is 1. The number of hydrogen-bond donors (Lipinski definition) is 2. The lowest BCUT2D eigenvalue weighted by molar-refractivity contribution is -0.115. The fraction of sp³-hybridized carbons (Fsp3) is 0.222. The van der Waals surface area contributed by atoms with Crippen LogP contribution < -0.4 is 16.4 Å². The Hall–Kier alpha value is -3.07. The second-order valence-electron chi connectivity index (χ2n) is 5.93. The van der Waals surface area contributed by atoms with Crippen molar-refractivity contribution >= 4 is 23.4 Å². The summed E-state index contributed by atoms with van der Waals surface area (Å²) >= 11 is 1.11. The number of aromatic nitrogens is 4. The Morgan fingerprint density at radius 1 is 1.22 bits per heavy atom. The molecule has 1 atom stereocenters. The number of nitrogens with one attached hydrogen (secondary N) is 2. The van der Waals surface area contributed by atoms with E-state index < -0.39 is 5.25 Å². The first-order valence-corrected chi connectivity index (χ1v) is 9.13. The van der Waals surface area contributed by atoms with Crippen molar-refractivity contribution in [3.63, 3.8) is 0 Å². The topological polar surface area (TPSA) is 102 Å². The summed E-state index contributed by atoms with van der Waals surface area (Å²) in [6, 6.07) is 10.5. The molecular weight excluding hydrogens is 366 g/mol. The van der Waals surface area contributed by atoms with Crippen LogP contribution in [0.3, 0.4) is 0 Å². The van der Waals surface area contributed by atoms with Crippen molar-refractivity contribution in [2.45, 2.75) is 24.3 Å². The first kappa shape index (κ1) is 18.7. The van der Waals surface area contributed by atoms with Crippen LogP contribution in [0.4, 0.5) is 5.69 Å². The third kappa shape index (κ3) is 3.87. The number of thioether (sulfide) groups is 1. The van der Waals surface area contributed by atoms with Gasteiger partial charge in [-0.1, -0.05) is 30.0 Å². The molecule has 0 aliphatic carbocycles. The highest BCUT2D eigenvalue weighted by atomic mass is 32.2. The molecule has 3 rings (SSSR count). The molecule has 2 aromatic heterocycles. The van der Waals surface area contributed by atoms with Gasteiger partial charge in [-0.3, -0.25) is 19.1 Å². The van der Waals surface area contributed by atoms with Crippen LogP contribution in [0.5, 0.6) is 0 Å². The van der Waals surface area contributed by atoms with Crippen molar-refractivity contribution in [2.75, 3.05) is 5.32 Å². The van der Waals surface area contributed by atoms with Crippen LogP contribution in [0.1, 0.15) is 12.6 Å². The highest BCUT2D eigenvalue weighted by Gasteiger charge is 2.22. The van der Waals surface area contributed by atoms with Crippen LogP contribution in [0.2, 0.25) is 0 Å². The molecular formula is C18H19N5O3S. The summed E-state index contributed by atoms with van der Waals surface area (Å²) < 4.78 is 3.19. The Morgan fingerprint density at radius 3 is 2.59 bits per heavy atom. The van der Waals surface area contributed by atoms with Gasteiger partial charge in [0.25, 0.3) is 11.1 Å². The highest BCUT2D eigenvalue weighted by molar-refractivity contribution is 8.00. The molecule has 0 fully saturated rings. The van der Waals surface area contributed by atoms with E-state index in [1.165, 1.54) is 16.9 Å². The van der Waals surface area contributed by atoms with Crippen LogP contribution in [-0.2, 0) is 11.8 Å². The van der Waals surface area contributed by atoms with Crippen LogP contribution in [0, 0.1) is 6.92 Å². The van der Waals surface area contributed by atoms with Crippen LogP contribution in [0.25, 0.3) is 5.69 Å². The monoisotopic (exact) mass is 385 g/mol. The number of aromatic amines is 1. The van der Waals surface area contributed by atoms with Crippen LogP contribution in [0.15, 0.2) is 57.3 Å². The van der Waals surface area contributed by atoms with Gasteiger partial charge < -0.3 is 10.3 Å². The van der Waals surface area contributed by atoms with E-state index in [0.29, 0.717) is 16.5 Å². The van der Waals surface area contributed by atoms with Gasteiger partial charge in [0.2, 0.25) is 5.91 Å². The van der Waals surface area contributed by atoms with Gasteiger partial charge >= 0.3 is 0 Å². The van der Waals surface area contributed by atoms with Gasteiger partial charge in [0.05, 0.1) is 16.6 Å². The van der Waals surface area contributed by atoms with Crippen molar-refractivity contribution in [1.29, 1.82) is 0 Å². The predicted molar refractivity (Wildman–Crippen MR) is 105 cm³/mol. The lowest BCUT2D eigenvalue weighted by atomic mass is 10.3. The average molecular weight is 385 g/mol. The number of carbonyl (C=O) groups excluding carboxylic acids is 1. The molecule has 0 radical (unpaired) electrons. The molecule has 0 saturated heterocycles. The van der Waals surface area contributed by atoms with E-state index in [1.54, 1.807) is 25.6 Å². The summed E-state index contributed by atoms with van der Waals surface area (Å²) in [6.45, 7) is 3.45. The zero-order chi connectivity index (χ0) is 19.6. The second-order valence-corrected chi connectivity index (χ2v) is 7.25. The van der Waals surface area contributed by atoms with E-state index in [-0.39, 0.29) is 22.7 Å². The molecule has 9 heteroatoms. The van der Waals surface area contributed by atoms with Gasteiger partial charge in [-0.15, -0.1) is 0 Å². The minimum Gasteiger partial charge on any atom is -0.319 e. The maximum absolute atomic E-state index is 12.8. The number of nitrogens with zero attached hydrogens (tertiary/aromatic N) is 3. The van der Waals surface area contributed by atoms with Crippen LogP contribution in [-0.4, -0.2) is 30.5 Å². The number of hydrogen-bond acceptors (Lipinski definition) is 5. The minimum atomic E-state index is -0.556. The zero-order valence-electron chi connectivity index (χ0n) is 15.1. The van der Waals surface area contributed by atoms with Gasteiger partial charge in [-0.25, -0.2) is 9.67 Å². The fourth-order valence-corrected chi connectivity index (χ4v) is 3.35. The van der Waals surface area contributed by atoms with Crippen molar-refractivity contribution < 1.29 is 4.79 Å². The Balaban J connectivity index is 1.84. The molecule has 0 spiro atoms. The molecule has 8 nitrogen and oxygen atoms in total. The third-order valence-electron chi connectivity index (χ3n) is 4.11. The number of rotatable bonds is 5. The Labute approximate surface area is 159 Å². The van der Waals surface area contributed by atoms with E-state index in [9.17, 15) is 14.4 Å². The van der Waals surface area contributed by atoms with Gasteiger partial charge in [0.15, 0.2) is 5.16 Å². The molecule has 1 amide bonds. The molecule has 3 aromatic rings. The number of amides is 1. The smallest absolute Gasteiger partial charge is 0.295 e. The van der Waals surface area contributed by atoms with Gasteiger partial charge in [-0.05, 0) is 26.0 Å². The molecule has 2 N–H and O–H groups in total. The summed E-state index contributed by atoms with van der Waals surface area (Å²) in [5, 5.41) is 2.50. The highest BCUT2D eigenvalue weighted by Crippen LogP contribution is 2.20. The standard InChI is InChI=1S/C18H19N5O3S/c1-11-15(17(26)23(22(11)3)13-7-5-4-6-8-13)21-16(25)12(2)27-18-19-10-9-14(24)20-18/h4-10,12H,1-3H3,(H,21,25)(H,19,20,24)/t12-/m1/s1. The van der Waals surface area contributed by atoms with E-state index >= 15 is 0 Å². The fourth-order valence-electron chi connectivity index (χ4n) is 2.57. The molecule has 0 aliphatic heterocycles. The molecule has 0 saturated carbocycles. The number of benzene rings is 1. The van der Waals surface area contributed by atoms with Crippen molar-refractivity contribution in [3.05, 3.63) is 69.0 Å². The van der Waals surface area contributed by atoms with Gasteiger partial charge in [0, 0.05) is 19.3 Å². The first-order chi connectivity index (χ1) is 12.9. The molecule has 27 heavy (non-hydrogen) atoms. The lowest BCUT2D eigenvalue weighted by Gasteiger charge is -2.10. The molecule has 0 bridgehead atoms. The van der Waals surface area contributed by atoms with E-state index in [1.807, 2.05) is 30.3 Å². The molecule has 2 heterocycles. The lowest BCUT2D eigenvalue weighted by Crippen LogP contribution is -2.27. The molecule has 0 unspecified atom stereocenters. The molecule has 140 valence electrons. The number of anilines is 1. The van der Waals surface area contributed by atoms with Crippen molar-refractivity contribution in [3.8, 4) is 5.69 Å². The molecule has 1 aromatic carbocycles. The Bertz CT molecular complexity index is 1080. The largest absolute Gasteiger partial charge is 0.319 e. The SMILES string of the molecule is Cc1c(NC(=O)[C@@H](C)Sc2nccc(=O)[nH]2)c(=O)n(-c2ccccc2)n1C. The minimum absolute atomic E-state index is 0.230. The quantitative estimate of drug-likeness (QED) is 0.514. The second kappa shape index (κ2) is 7.67. The normalized spacial score (nSPS) is 12.0. The third-order valence-corrected chi connectivity index (χ3v) is 5.11. The molecule has 0 aliphatic rings. The maximum atomic E-state index is 12.8.